The van der Waals surface area contributed by atoms with Crippen LogP contribution in [0.15, 0.2) is 18.2 Å². The van der Waals surface area contributed by atoms with Gasteiger partial charge >= 0.3 is 0 Å². The predicted molar refractivity (Wildman–Crippen MR) is 57.8 cm³/mol. The molecule has 1 aromatic rings. The van der Waals surface area contributed by atoms with E-state index in [1.165, 1.54) is 0 Å². The van der Waals surface area contributed by atoms with E-state index in [0.29, 0.717) is 22.9 Å². The van der Waals surface area contributed by atoms with Crippen LogP contribution in [0.4, 0.5) is 0 Å². The Bertz CT molecular complexity index is 421. The lowest BCUT2D eigenvalue weighted by atomic mass is 10.2. The van der Waals surface area contributed by atoms with Gasteiger partial charge in [0.25, 0.3) is 0 Å². The molecule has 0 unspecified atom stereocenters. The van der Waals surface area contributed by atoms with Gasteiger partial charge in [-0.25, -0.2) is 0 Å². The van der Waals surface area contributed by atoms with Gasteiger partial charge in [0, 0.05) is 0 Å². The van der Waals surface area contributed by atoms with Gasteiger partial charge < -0.3 is 10.5 Å². The first-order valence-corrected chi connectivity index (χ1v) is 5.12. The topological polar surface area (TPSA) is 59.0 Å². The highest BCUT2D eigenvalue weighted by molar-refractivity contribution is 6.31. The van der Waals surface area contributed by atoms with Crippen LogP contribution in [-0.4, -0.2) is 12.1 Å². The summed E-state index contributed by atoms with van der Waals surface area (Å²) in [5.74, 6) is 0.646. The second-order valence-corrected chi connectivity index (χ2v) is 4.31. The fraction of sp³-hybridized carbons (Fsp3) is 0.364. The average molecular weight is 223 g/mol. The van der Waals surface area contributed by atoms with E-state index in [2.05, 4.69) is 0 Å². The third kappa shape index (κ3) is 2.41. The van der Waals surface area contributed by atoms with Crippen molar-refractivity contribution in [3.05, 3.63) is 28.8 Å². The third-order valence-corrected chi connectivity index (χ3v) is 2.81. The van der Waals surface area contributed by atoms with Crippen LogP contribution in [-0.2, 0) is 0 Å². The Hall–Kier alpha value is -1.24. The van der Waals surface area contributed by atoms with Crippen molar-refractivity contribution in [3.63, 3.8) is 0 Å². The van der Waals surface area contributed by atoms with E-state index in [0.717, 1.165) is 12.8 Å². The molecular formula is C11H11ClN2O. The molecule has 0 atom stereocenters. The summed E-state index contributed by atoms with van der Waals surface area (Å²) in [6.45, 7) is 0.500. The molecule has 15 heavy (non-hydrogen) atoms. The standard InChI is InChI=1S/C11H11ClN2O/c12-10-2-1-9(5-8(10)6-13)15-7-11(14)3-4-11/h1-2,5H,3-4,7,14H2. The van der Waals surface area contributed by atoms with Gasteiger partial charge in [-0.05, 0) is 31.0 Å². The lowest BCUT2D eigenvalue weighted by Gasteiger charge is -2.11. The number of benzene rings is 1. The molecule has 2 N–H and O–H groups in total. The highest BCUT2D eigenvalue weighted by Gasteiger charge is 2.39. The molecule has 0 radical (unpaired) electrons. The monoisotopic (exact) mass is 222 g/mol. The van der Waals surface area contributed by atoms with E-state index in [4.69, 9.17) is 27.3 Å². The van der Waals surface area contributed by atoms with Gasteiger partial charge in [-0.2, -0.15) is 5.26 Å². The van der Waals surface area contributed by atoms with Crippen LogP contribution in [0, 0.1) is 11.3 Å². The first kappa shape index (κ1) is 10.3. The van der Waals surface area contributed by atoms with E-state index < -0.39 is 0 Å². The Morgan fingerprint density at radius 1 is 1.53 bits per heavy atom. The molecule has 0 aromatic heterocycles. The van der Waals surface area contributed by atoms with E-state index >= 15 is 0 Å². The summed E-state index contributed by atoms with van der Waals surface area (Å²) >= 11 is 5.80. The Kier molecular flexibility index (Phi) is 2.56. The first-order valence-electron chi connectivity index (χ1n) is 4.74. The number of halogens is 1. The van der Waals surface area contributed by atoms with Gasteiger partial charge in [0.15, 0.2) is 0 Å². The molecule has 0 spiro atoms. The van der Waals surface area contributed by atoms with Crippen molar-refractivity contribution in [2.45, 2.75) is 18.4 Å². The minimum atomic E-state index is -0.146. The number of nitriles is 1. The molecule has 1 aliphatic rings. The van der Waals surface area contributed by atoms with Crippen molar-refractivity contribution in [1.82, 2.24) is 0 Å². The third-order valence-electron chi connectivity index (χ3n) is 2.48. The summed E-state index contributed by atoms with van der Waals surface area (Å²) in [4.78, 5) is 0. The van der Waals surface area contributed by atoms with Crippen molar-refractivity contribution < 1.29 is 4.74 Å². The van der Waals surface area contributed by atoms with Gasteiger partial charge in [0.1, 0.15) is 18.4 Å². The minimum Gasteiger partial charge on any atom is -0.492 e. The van der Waals surface area contributed by atoms with Crippen LogP contribution in [0.3, 0.4) is 0 Å². The normalized spacial score (nSPS) is 16.9. The van der Waals surface area contributed by atoms with Crippen molar-refractivity contribution in [2.75, 3.05) is 6.61 Å². The molecule has 0 aliphatic heterocycles. The maximum Gasteiger partial charge on any atom is 0.120 e. The summed E-state index contributed by atoms with van der Waals surface area (Å²) < 4.78 is 5.50. The Balaban J connectivity index is 2.06. The molecule has 78 valence electrons. The number of ether oxygens (including phenoxy) is 1. The second-order valence-electron chi connectivity index (χ2n) is 3.90. The van der Waals surface area contributed by atoms with Crippen molar-refractivity contribution >= 4 is 11.6 Å². The number of rotatable bonds is 3. The van der Waals surface area contributed by atoms with E-state index in [1.54, 1.807) is 18.2 Å². The van der Waals surface area contributed by atoms with E-state index in [-0.39, 0.29) is 5.54 Å². The summed E-state index contributed by atoms with van der Waals surface area (Å²) in [5.41, 5.74) is 6.16. The lowest BCUT2D eigenvalue weighted by molar-refractivity contribution is 0.279. The molecule has 0 saturated heterocycles. The van der Waals surface area contributed by atoms with Crippen LogP contribution in [0.1, 0.15) is 18.4 Å². The van der Waals surface area contributed by atoms with Crippen molar-refractivity contribution in [3.8, 4) is 11.8 Å². The van der Waals surface area contributed by atoms with Crippen LogP contribution in [0.2, 0.25) is 5.02 Å². The number of nitrogens with zero attached hydrogens (tertiary/aromatic N) is 1. The van der Waals surface area contributed by atoms with Gasteiger partial charge in [-0.1, -0.05) is 11.6 Å². The molecule has 1 saturated carbocycles. The number of nitrogens with two attached hydrogens (primary N) is 1. The fourth-order valence-electron chi connectivity index (χ4n) is 1.21. The molecule has 2 rings (SSSR count). The Morgan fingerprint density at radius 3 is 2.87 bits per heavy atom. The zero-order valence-electron chi connectivity index (χ0n) is 8.16. The molecule has 0 heterocycles. The molecule has 4 heteroatoms. The maximum absolute atomic E-state index is 8.77. The van der Waals surface area contributed by atoms with Crippen LogP contribution < -0.4 is 10.5 Å². The fourth-order valence-corrected chi connectivity index (χ4v) is 1.37. The van der Waals surface area contributed by atoms with E-state index in [1.807, 2.05) is 6.07 Å². The summed E-state index contributed by atoms with van der Waals surface area (Å²) in [6, 6.07) is 7.04. The van der Waals surface area contributed by atoms with Crippen molar-refractivity contribution in [2.24, 2.45) is 5.73 Å². The SMILES string of the molecule is N#Cc1cc(OCC2(N)CC2)ccc1Cl. The van der Waals surface area contributed by atoms with Gasteiger partial charge in [0.2, 0.25) is 0 Å². The quantitative estimate of drug-likeness (QED) is 0.852. The smallest absolute Gasteiger partial charge is 0.120 e. The highest BCUT2D eigenvalue weighted by atomic mass is 35.5. The van der Waals surface area contributed by atoms with Crippen LogP contribution >= 0.6 is 11.6 Å². The number of hydrogen-bond acceptors (Lipinski definition) is 3. The molecule has 0 amide bonds. The minimum absolute atomic E-state index is 0.146. The molecule has 1 aliphatic carbocycles. The van der Waals surface area contributed by atoms with E-state index in [9.17, 15) is 0 Å². The molecule has 0 bridgehead atoms. The Morgan fingerprint density at radius 2 is 2.27 bits per heavy atom. The van der Waals surface area contributed by atoms with Crippen LogP contribution in [0.25, 0.3) is 0 Å². The Labute approximate surface area is 93.4 Å². The zero-order chi connectivity index (χ0) is 10.9. The van der Waals surface area contributed by atoms with Gasteiger partial charge in [0.05, 0.1) is 16.1 Å². The highest BCUT2D eigenvalue weighted by Crippen LogP contribution is 2.33. The first-order chi connectivity index (χ1) is 7.13. The molecule has 3 nitrogen and oxygen atoms in total. The molecule has 1 fully saturated rings. The lowest BCUT2D eigenvalue weighted by Crippen LogP contribution is -2.29. The van der Waals surface area contributed by atoms with Gasteiger partial charge in [-0.15, -0.1) is 0 Å². The maximum atomic E-state index is 8.77. The molecular weight excluding hydrogens is 212 g/mol. The van der Waals surface area contributed by atoms with Crippen molar-refractivity contribution in [1.29, 1.82) is 5.26 Å². The zero-order valence-corrected chi connectivity index (χ0v) is 8.92. The summed E-state index contributed by atoms with van der Waals surface area (Å²) in [5, 5.41) is 9.21. The van der Waals surface area contributed by atoms with Crippen LogP contribution in [0.5, 0.6) is 5.75 Å². The predicted octanol–water partition coefficient (Wildman–Crippen LogP) is 2.08. The average Bonchev–Trinajstić information content (AvgIpc) is 2.96. The summed E-state index contributed by atoms with van der Waals surface area (Å²) in [6.07, 6.45) is 2.01. The second kappa shape index (κ2) is 3.73. The summed E-state index contributed by atoms with van der Waals surface area (Å²) in [7, 11) is 0. The largest absolute Gasteiger partial charge is 0.492 e. The molecule has 1 aromatic carbocycles. The number of hydrogen-bond donors (Lipinski definition) is 1. The van der Waals surface area contributed by atoms with Gasteiger partial charge in [-0.3, -0.25) is 0 Å².